The molecule has 0 atom stereocenters. The highest BCUT2D eigenvalue weighted by molar-refractivity contribution is 9.10. The molecule has 2 aliphatic heterocycles. The molecule has 3 aromatic rings. The van der Waals surface area contributed by atoms with Crippen LogP contribution >= 0.6 is 15.9 Å². The third-order valence-corrected chi connectivity index (χ3v) is 6.37. The van der Waals surface area contributed by atoms with Crippen LogP contribution in [0.5, 0.6) is 23.0 Å². The number of anilines is 1. The van der Waals surface area contributed by atoms with Gasteiger partial charge in [-0.15, -0.1) is 0 Å². The fourth-order valence-electron chi connectivity index (χ4n) is 3.90. The minimum Gasteiger partial charge on any atom is -0.493 e. The number of carbonyl (C=O) groups is 3. The molecule has 1 fully saturated rings. The molecule has 0 bridgehead atoms. The predicted molar refractivity (Wildman–Crippen MR) is 138 cm³/mol. The van der Waals surface area contributed by atoms with E-state index >= 15 is 0 Å². The Morgan fingerprint density at radius 2 is 1.78 bits per heavy atom. The van der Waals surface area contributed by atoms with Crippen molar-refractivity contribution in [2.45, 2.75) is 13.5 Å². The lowest BCUT2D eigenvalue weighted by Gasteiger charge is -2.26. The van der Waals surface area contributed by atoms with Crippen LogP contribution in [0.4, 0.5) is 10.5 Å². The molecule has 0 unspecified atom stereocenters. The van der Waals surface area contributed by atoms with E-state index < -0.39 is 17.8 Å². The maximum atomic E-state index is 13.2. The Kier molecular flexibility index (Phi) is 6.58. The SMILES string of the molecule is COc1cc(/C=C2\C(=O)NC(=O)N(c3ccc(C)cc3)C2=O)cc(Br)c1OCc1ccc2c(c1)OCO2. The van der Waals surface area contributed by atoms with Gasteiger partial charge in [0.15, 0.2) is 23.0 Å². The summed E-state index contributed by atoms with van der Waals surface area (Å²) in [6, 6.07) is 14.9. The lowest BCUT2D eigenvalue weighted by molar-refractivity contribution is -0.122. The number of methoxy groups -OCH3 is 1. The number of benzene rings is 3. The Morgan fingerprint density at radius 1 is 1.03 bits per heavy atom. The van der Waals surface area contributed by atoms with Crippen molar-refractivity contribution in [1.29, 1.82) is 0 Å². The van der Waals surface area contributed by atoms with Crippen LogP contribution in [0.15, 0.2) is 64.6 Å². The predicted octanol–water partition coefficient (Wildman–Crippen LogP) is 4.74. The van der Waals surface area contributed by atoms with Crippen LogP contribution in [0, 0.1) is 6.92 Å². The molecule has 1 N–H and O–H groups in total. The van der Waals surface area contributed by atoms with Crippen molar-refractivity contribution in [1.82, 2.24) is 5.32 Å². The zero-order valence-electron chi connectivity index (χ0n) is 19.9. The molecule has 0 radical (unpaired) electrons. The molecule has 1 saturated heterocycles. The summed E-state index contributed by atoms with van der Waals surface area (Å²) in [6.07, 6.45) is 1.40. The van der Waals surface area contributed by atoms with Gasteiger partial charge in [-0.1, -0.05) is 23.8 Å². The normalized spacial score (nSPS) is 15.7. The van der Waals surface area contributed by atoms with Gasteiger partial charge in [-0.05, 0) is 76.5 Å². The molecule has 0 saturated carbocycles. The van der Waals surface area contributed by atoms with Gasteiger partial charge in [-0.3, -0.25) is 14.9 Å². The van der Waals surface area contributed by atoms with Gasteiger partial charge in [0, 0.05) is 0 Å². The maximum absolute atomic E-state index is 13.2. The number of hydrogen-bond acceptors (Lipinski definition) is 7. The van der Waals surface area contributed by atoms with E-state index in [2.05, 4.69) is 21.2 Å². The number of halogens is 1. The summed E-state index contributed by atoms with van der Waals surface area (Å²) in [5.74, 6) is 0.661. The molecular weight excluding hydrogens is 544 g/mol. The highest BCUT2D eigenvalue weighted by Crippen LogP contribution is 2.39. The van der Waals surface area contributed by atoms with E-state index in [1.807, 2.05) is 25.1 Å². The molecule has 2 heterocycles. The number of ether oxygens (including phenoxy) is 4. The fraction of sp³-hybridized carbons (Fsp3) is 0.148. The Morgan fingerprint density at radius 3 is 2.54 bits per heavy atom. The van der Waals surface area contributed by atoms with E-state index in [1.165, 1.54) is 13.2 Å². The number of nitrogens with zero attached hydrogens (tertiary/aromatic N) is 1. The number of aryl methyl sites for hydroxylation is 1. The molecule has 9 nitrogen and oxygen atoms in total. The number of imide groups is 2. The van der Waals surface area contributed by atoms with E-state index in [1.54, 1.807) is 36.4 Å². The van der Waals surface area contributed by atoms with Crippen molar-refractivity contribution in [3.63, 3.8) is 0 Å². The van der Waals surface area contributed by atoms with Gasteiger partial charge in [-0.25, -0.2) is 9.69 Å². The van der Waals surface area contributed by atoms with Crippen LogP contribution in [0.3, 0.4) is 0 Å². The highest BCUT2D eigenvalue weighted by Gasteiger charge is 2.36. The van der Waals surface area contributed by atoms with Crippen molar-refractivity contribution in [2.75, 3.05) is 18.8 Å². The molecule has 4 amide bonds. The Balaban J connectivity index is 1.41. The average Bonchev–Trinajstić information content (AvgIpc) is 3.34. The van der Waals surface area contributed by atoms with Crippen LogP contribution in [0.25, 0.3) is 6.08 Å². The molecule has 3 aromatic carbocycles. The summed E-state index contributed by atoms with van der Waals surface area (Å²) in [5, 5.41) is 2.23. The number of fused-ring (bicyclic) bond motifs is 1. The Hall–Kier alpha value is -4.31. The topological polar surface area (TPSA) is 103 Å². The van der Waals surface area contributed by atoms with Crippen molar-refractivity contribution >= 4 is 45.5 Å². The Bertz CT molecular complexity index is 1450. The number of nitrogens with one attached hydrogen (secondary N) is 1. The summed E-state index contributed by atoms with van der Waals surface area (Å²) in [5.41, 5.74) is 2.50. The fourth-order valence-corrected chi connectivity index (χ4v) is 4.48. The molecule has 0 spiro atoms. The van der Waals surface area contributed by atoms with Gasteiger partial charge in [0.2, 0.25) is 6.79 Å². The van der Waals surface area contributed by atoms with Crippen LogP contribution < -0.4 is 29.2 Å². The maximum Gasteiger partial charge on any atom is 0.335 e. The van der Waals surface area contributed by atoms with Gasteiger partial charge in [0.25, 0.3) is 11.8 Å². The minimum atomic E-state index is -0.804. The Labute approximate surface area is 220 Å². The second kappa shape index (κ2) is 9.98. The van der Waals surface area contributed by atoms with Crippen molar-refractivity contribution in [3.05, 3.63) is 81.3 Å². The number of barbiturate groups is 1. The van der Waals surface area contributed by atoms with E-state index in [0.29, 0.717) is 38.7 Å². The van der Waals surface area contributed by atoms with E-state index in [4.69, 9.17) is 18.9 Å². The van der Waals surface area contributed by atoms with Gasteiger partial charge in [-0.2, -0.15) is 0 Å². The second-order valence-electron chi connectivity index (χ2n) is 8.30. The second-order valence-corrected chi connectivity index (χ2v) is 9.16. The zero-order chi connectivity index (χ0) is 26.1. The lowest BCUT2D eigenvalue weighted by atomic mass is 10.1. The first-order valence-corrected chi connectivity index (χ1v) is 12.0. The number of hydrogen-bond donors (Lipinski definition) is 1. The van der Waals surface area contributed by atoms with Crippen LogP contribution in [0.2, 0.25) is 0 Å². The first kappa shape index (κ1) is 24.4. The zero-order valence-corrected chi connectivity index (χ0v) is 21.5. The molecule has 0 aliphatic carbocycles. The van der Waals surface area contributed by atoms with Gasteiger partial charge >= 0.3 is 6.03 Å². The molecule has 5 rings (SSSR count). The van der Waals surface area contributed by atoms with Crippen molar-refractivity contribution < 1.29 is 33.3 Å². The van der Waals surface area contributed by atoms with Crippen LogP contribution in [-0.4, -0.2) is 31.7 Å². The summed E-state index contributed by atoms with van der Waals surface area (Å²) < 4.78 is 22.8. The van der Waals surface area contributed by atoms with E-state index in [9.17, 15) is 14.4 Å². The number of urea groups is 1. The summed E-state index contributed by atoms with van der Waals surface area (Å²) in [4.78, 5) is 39.1. The molecular formula is C27H21BrN2O7. The summed E-state index contributed by atoms with van der Waals surface area (Å²) >= 11 is 3.49. The van der Waals surface area contributed by atoms with Gasteiger partial charge in [0.05, 0.1) is 17.3 Å². The molecule has 10 heteroatoms. The van der Waals surface area contributed by atoms with E-state index in [-0.39, 0.29) is 19.0 Å². The number of rotatable bonds is 6. The first-order valence-electron chi connectivity index (χ1n) is 11.2. The number of carbonyl (C=O) groups excluding carboxylic acids is 3. The van der Waals surface area contributed by atoms with Crippen LogP contribution in [-0.2, 0) is 16.2 Å². The number of amides is 4. The summed E-state index contributed by atoms with van der Waals surface area (Å²) in [7, 11) is 1.49. The minimum absolute atomic E-state index is 0.188. The molecule has 37 heavy (non-hydrogen) atoms. The third kappa shape index (κ3) is 4.88. The largest absolute Gasteiger partial charge is 0.493 e. The lowest BCUT2D eigenvalue weighted by Crippen LogP contribution is -2.54. The smallest absolute Gasteiger partial charge is 0.335 e. The molecule has 188 valence electrons. The van der Waals surface area contributed by atoms with Crippen LogP contribution in [0.1, 0.15) is 16.7 Å². The average molecular weight is 565 g/mol. The quantitative estimate of drug-likeness (QED) is 0.340. The molecule has 2 aliphatic rings. The first-order chi connectivity index (χ1) is 17.8. The van der Waals surface area contributed by atoms with Gasteiger partial charge < -0.3 is 18.9 Å². The highest BCUT2D eigenvalue weighted by atomic mass is 79.9. The van der Waals surface area contributed by atoms with Crippen molar-refractivity contribution in [2.24, 2.45) is 0 Å². The standard InChI is InChI=1S/C27H21BrN2O7/c1-15-3-6-18(7-4-15)30-26(32)19(25(31)29-27(30)33)9-17-10-20(28)24(23(12-17)34-2)35-13-16-5-8-21-22(11-16)37-14-36-21/h3-12H,13-14H2,1-2H3,(H,29,31,33)/b19-9+. The monoisotopic (exact) mass is 564 g/mol. The van der Waals surface area contributed by atoms with Crippen molar-refractivity contribution in [3.8, 4) is 23.0 Å². The summed E-state index contributed by atoms with van der Waals surface area (Å²) in [6.45, 7) is 2.32. The third-order valence-electron chi connectivity index (χ3n) is 5.78. The van der Waals surface area contributed by atoms with E-state index in [0.717, 1.165) is 16.0 Å². The van der Waals surface area contributed by atoms with Gasteiger partial charge in [0.1, 0.15) is 12.2 Å². The molecule has 0 aromatic heterocycles.